The summed E-state index contributed by atoms with van der Waals surface area (Å²) >= 11 is 1.56. The molecule has 1 fully saturated rings. The quantitative estimate of drug-likeness (QED) is 0.420. The van der Waals surface area contributed by atoms with Crippen LogP contribution >= 0.6 is 11.3 Å². The highest BCUT2D eigenvalue weighted by Gasteiger charge is 2.44. The van der Waals surface area contributed by atoms with Gasteiger partial charge in [0.05, 0.1) is 12.2 Å². The number of esters is 1. The van der Waals surface area contributed by atoms with Crippen LogP contribution in [0.4, 0.5) is 5.00 Å². The van der Waals surface area contributed by atoms with Crippen LogP contribution in [0.5, 0.6) is 0 Å². The molecule has 0 radical (unpaired) electrons. The fourth-order valence-electron chi connectivity index (χ4n) is 4.92. The van der Waals surface area contributed by atoms with Gasteiger partial charge in [0.15, 0.2) is 0 Å². The van der Waals surface area contributed by atoms with Crippen LogP contribution in [0.25, 0.3) is 0 Å². The van der Waals surface area contributed by atoms with Crippen LogP contribution in [0.2, 0.25) is 0 Å². The third-order valence-electron chi connectivity index (χ3n) is 6.77. The second-order valence-electron chi connectivity index (χ2n) is 9.04. The number of carbonyl (C=O) groups excluding carboxylic acids is 2. The minimum Gasteiger partial charge on any atom is -0.462 e. The van der Waals surface area contributed by atoms with E-state index in [0.717, 1.165) is 37.7 Å². The van der Waals surface area contributed by atoms with Crippen LogP contribution in [-0.4, -0.2) is 18.5 Å². The molecule has 4 nitrogen and oxygen atoms in total. The summed E-state index contributed by atoms with van der Waals surface area (Å²) in [4.78, 5) is 27.3. The Morgan fingerprint density at radius 1 is 1.03 bits per heavy atom. The Hall–Kier alpha value is -2.92. The van der Waals surface area contributed by atoms with Crippen molar-refractivity contribution < 1.29 is 14.3 Å². The lowest BCUT2D eigenvalue weighted by Gasteiger charge is -2.23. The van der Waals surface area contributed by atoms with E-state index in [0.29, 0.717) is 23.1 Å². The molecule has 1 aromatic heterocycles. The van der Waals surface area contributed by atoms with Gasteiger partial charge in [-0.25, -0.2) is 4.79 Å². The van der Waals surface area contributed by atoms with E-state index in [-0.39, 0.29) is 23.7 Å². The van der Waals surface area contributed by atoms with Gasteiger partial charge in [0.25, 0.3) is 0 Å². The molecular weight excluding hydrogens is 430 g/mol. The Kier molecular flexibility index (Phi) is 6.32. The summed E-state index contributed by atoms with van der Waals surface area (Å²) in [5.74, 6) is 0.359. The molecule has 33 heavy (non-hydrogen) atoms. The number of amides is 1. The van der Waals surface area contributed by atoms with Crippen molar-refractivity contribution in [3.8, 4) is 0 Å². The number of benzene rings is 2. The summed E-state index contributed by atoms with van der Waals surface area (Å²) in [6.45, 7) is 2.38. The van der Waals surface area contributed by atoms with E-state index < -0.39 is 0 Å². The molecule has 0 aliphatic heterocycles. The van der Waals surface area contributed by atoms with E-state index in [4.69, 9.17) is 4.74 Å². The maximum absolute atomic E-state index is 13.1. The molecule has 1 heterocycles. The summed E-state index contributed by atoms with van der Waals surface area (Å²) < 4.78 is 5.52. The monoisotopic (exact) mass is 459 g/mol. The first-order chi connectivity index (χ1) is 16.2. The third-order valence-corrected chi connectivity index (χ3v) is 7.94. The van der Waals surface area contributed by atoms with Crippen LogP contribution in [0.3, 0.4) is 0 Å². The van der Waals surface area contributed by atoms with Crippen LogP contribution in [0.15, 0.2) is 60.7 Å². The number of fused-ring (bicyclic) bond motifs is 1. The number of carbonyl (C=O) groups is 2. The molecule has 1 saturated carbocycles. The van der Waals surface area contributed by atoms with Gasteiger partial charge < -0.3 is 10.1 Å². The third kappa shape index (κ3) is 4.60. The van der Waals surface area contributed by atoms with Crippen molar-refractivity contribution in [3.05, 3.63) is 87.8 Å². The zero-order valence-electron chi connectivity index (χ0n) is 18.9. The molecule has 5 heteroatoms. The van der Waals surface area contributed by atoms with Crippen molar-refractivity contribution in [2.24, 2.45) is 5.92 Å². The van der Waals surface area contributed by atoms with Crippen molar-refractivity contribution in [2.45, 2.75) is 50.9 Å². The van der Waals surface area contributed by atoms with E-state index in [2.05, 4.69) is 41.7 Å². The molecule has 2 aromatic carbocycles. The van der Waals surface area contributed by atoms with E-state index in [9.17, 15) is 9.59 Å². The number of nitrogens with one attached hydrogen (secondary N) is 1. The lowest BCUT2D eigenvalue weighted by Crippen LogP contribution is -2.18. The van der Waals surface area contributed by atoms with E-state index in [1.165, 1.54) is 16.0 Å². The lowest BCUT2D eigenvalue weighted by atomic mass is 9.83. The zero-order valence-corrected chi connectivity index (χ0v) is 19.7. The first kappa shape index (κ1) is 21.9. The van der Waals surface area contributed by atoms with Crippen molar-refractivity contribution in [1.82, 2.24) is 0 Å². The van der Waals surface area contributed by atoms with Crippen molar-refractivity contribution in [2.75, 3.05) is 11.9 Å². The highest BCUT2D eigenvalue weighted by Crippen LogP contribution is 2.49. The summed E-state index contributed by atoms with van der Waals surface area (Å²) in [6, 6.07) is 20.7. The van der Waals surface area contributed by atoms with Crippen LogP contribution in [0.1, 0.15) is 69.9 Å². The van der Waals surface area contributed by atoms with Crippen molar-refractivity contribution in [1.29, 1.82) is 0 Å². The molecule has 3 atom stereocenters. The van der Waals surface area contributed by atoms with E-state index in [1.54, 1.807) is 11.3 Å². The van der Waals surface area contributed by atoms with Crippen LogP contribution in [0, 0.1) is 5.92 Å². The average Bonchev–Trinajstić information content (AvgIpc) is 3.58. The molecule has 3 aromatic rings. The molecule has 170 valence electrons. The Bertz CT molecular complexity index is 1140. The number of ether oxygens (including phenoxy) is 1. The fourth-order valence-corrected chi connectivity index (χ4v) is 6.24. The highest BCUT2D eigenvalue weighted by molar-refractivity contribution is 7.17. The van der Waals surface area contributed by atoms with Gasteiger partial charge in [0, 0.05) is 10.8 Å². The van der Waals surface area contributed by atoms with Crippen LogP contribution in [-0.2, 0) is 22.4 Å². The summed E-state index contributed by atoms with van der Waals surface area (Å²) in [5, 5.41) is 3.79. The van der Waals surface area contributed by atoms with Gasteiger partial charge in [-0.3, -0.25) is 4.79 Å². The summed E-state index contributed by atoms with van der Waals surface area (Å²) in [7, 11) is 0. The van der Waals surface area contributed by atoms with Gasteiger partial charge in [0.1, 0.15) is 5.00 Å². The maximum Gasteiger partial charge on any atom is 0.341 e. The Morgan fingerprint density at radius 2 is 1.73 bits per heavy atom. The smallest absolute Gasteiger partial charge is 0.341 e. The van der Waals surface area contributed by atoms with Gasteiger partial charge in [-0.1, -0.05) is 67.6 Å². The molecule has 0 unspecified atom stereocenters. The minimum absolute atomic E-state index is 0.00611. The van der Waals surface area contributed by atoms with Gasteiger partial charge in [0.2, 0.25) is 5.91 Å². The SMILES string of the molecule is CCCOC(=O)c1c(NC(=O)[C@H]2C[C@@H]2c2ccccc2)sc2c1CC[C@@H](c1ccccc1)C2. The number of hydrogen-bond donors (Lipinski definition) is 1. The predicted molar refractivity (Wildman–Crippen MR) is 132 cm³/mol. The molecule has 0 saturated heterocycles. The molecule has 1 N–H and O–H groups in total. The first-order valence-electron chi connectivity index (χ1n) is 11.9. The predicted octanol–water partition coefficient (Wildman–Crippen LogP) is 6.33. The minimum atomic E-state index is -0.307. The lowest BCUT2D eigenvalue weighted by molar-refractivity contribution is -0.117. The first-order valence-corrected chi connectivity index (χ1v) is 12.7. The van der Waals surface area contributed by atoms with Gasteiger partial charge in [-0.2, -0.15) is 0 Å². The highest BCUT2D eigenvalue weighted by atomic mass is 32.1. The standard InChI is InChI=1S/C28H29NO3S/c1-2-15-32-28(31)25-21-14-13-20(18-9-5-3-6-10-18)16-24(21)33-27(25)29-26(30)23-17-22(23)19-11-7-4-8-12-19/h3-12,20,22-23H,2,13-17H2,1H3,(H,29,30)/t20-,22-,23+/m1/s1. The van der Waals surface area contributed by atoms with E-state index in [1.807, 2.05) is 31.2 Å². The maximum atomic E-state index is 13.1. The van der Waals surface area contributed by atoms with Crippen molar-refractivity contribution in [3.63, 3.8) is 0 Å². The zero-order chi connectivity index (χ0) is 22.8. The number of anilines is 1. The van der Waals surface area contributed by atoms with Crippen LogP contribution < -0.4 is 5.32 Å². The molecular formula is C28H29NO3S. The average molecular weight is 460 g/mol. The molecule has 5 rings (SSSR count). The molecule has 1 amide bonds. The molecule has 0 spiro atoms. The van der Waals surface area contributed by atoms with Gasteiger partial charge in [-0.15, -0.1) is 11.3 Å². The van der Waals surface area contributed by atoms with Gasteiger partial charge in [-0.05, 0) is 60.6 Å². The molecule has 2 aliphatic carbocycles. The molecule has 2 aliphatic rings. The second-order valence-corrected chi connectivity index (χ2v) is 10.1. The van der Waals surface area contributed by atoms with Crippen molar-refractivity contribution >= 4 is 28.2 Å². The summed E-state index contributed by atoms with van der Waals surface area (Å²) in [6.07, 6.45) is 4.34. The Labute approximate surface area is 199 Å². The number of thiophene rings is 1. The largest absolute Gasteiger partial charge is 0.462 e. The Balaban J connectivity index is 1.38. The van der Waals surface area contributed by atoms with Gasteiger partial charge >= 0.3 is 5.97 Å². The van der Waals surface area contributed by atoms with E-state index >= 15 is 0 Å². The Morgan fingerprint density at radius 3 is 2.42 bits per heavy atom. The fraction of sp³-hybridized carbons (Fsp3) is 0.357. The normalized spacial score (nSPS) is 21.2. The number of hydrogen-bond acceptors (Lipinski definition) is 4. The summed E-state index contributed by atoms with van der Waals surface area (Å²) in [5.41, 5.74) is 4.19. The molecule has 0 bridgehead atoms. The number of rotatable bonds is 7. The second kappa shape index (κ2) is 9.52. The topological polar surface area (TPSA) is 55.4 Å².